The van der Waals surface area contributed by atoms with Crippen molar-refractivity contribution >= 4 is 33.1 Å². The number of carbonyl (C=O) groups excluding carboxylic acids is 1. The van der Waals surface area contributed by atoms with Crippen LogP contribution in [0.5, 0.6) is 0 Å². The lowest BCUT2D eigenvalue weighted by Gasteiger charge is -2.29. The molecule has 1 saturated heterocycles. The Morgan fingerprint density at radius 2 is 2.10 bits per heavy atom. The van der Waals surface area contributed by atoms with Crippen molar-refractivity contribution in [2.45, 2.75) is 19.8 Å². The average molecular weight is 436 g/mol. The Balaban J connectivity index is 1.49. The van der Waals surface area contributed by atoms with Crippen molar-refractivity contribution in [2.24, 2.45) is 5.92 Å². The minimum atomic E-state index is -3.22. The summed E-state index contributed by atoms with van der Waals surface area (Å²) in [6.07, 6.45) is 3.77. The number of hydrogen-bond acceptors (Lipinski definition) is 7. The van der Waals surface area contributed by atoms with Crippen molar-refractivity contribution in [3.05, 3.63) is 35.5 Å². The summed E-state index contributed by atoms with van der Waals surface area (Å²) in [7, 11) is -3.22. The van der Waals surface area contributed by atoms with Gasteiger partial charge in [-0.2, -0.15) is 9.78 Å². The van der Waals surface area contributed by atoms with Gasteiger partial charge in [0.1, 0.15) is 11.5 Å². The molecule has 29 heavy (non-hydrogen) atoms. The number of thiazole rings is 1. The minimum Gasteiger partial charge on any atom is -0.463 e. The maximum atomic E-state index is 12.8. The number of piperidine rings is 1. The van der Waals surface area contributed by atoms with Crippen LogP contribution in [0.3, 0.4) is 0 Å². The van der Waals surface area contributed by atoms with Gasteiger partial charge in [-0.3, -0.25) is 4.79 Å². The van der Waals surface area contributed by atoms with Crippen molar-refractivity contribution in [3.8, 4) is 16.6 Å². The largest absolute Gasteiger partial charge is 0.463 e. The standard InChI is InChI=1S/C18H21N5O4S2/c1-12-10-16(20-17(24)13-5-7-22(8-6-13)29(2,25)26)23(21-12)18-19-14(11-28-18)15-4-3-9-27-15/h3-4,9-11,13H,5-8H2,1-2H3,(H,20,24). The monoisotopic (exact) mass is 435 g/mol. The molecule has 1 N–H and O–H groups in total. The van der Waals surface area contributed by atoms with E-state index in [-0.39, 0.29) is 11.8 Å². The van der Waals surface area contributed by atoms with Gasteiger partial charge in [-0.05, 0) is 31.9 Å². The summed E-state index contributed by atoms with van der Waals surface area (Å²) >= 11 is 1.40. The van der Waals surface area contributed by atoms with Gasteiger partial charge in [-0.1, -0.05) is 0 Å². The highest BCUT2D eigenvalue weighted by Crippen LogP contribution is 2.27. The Labute approximate surface area is 172 Å². The highest BCUT2D eigenvalue weighted by molar-refractivity contribution is 7.88. The van der Waals surface area contributed by atoms with Crippen LogP contribution in [0.25, 0.3) is 16.6 Å². The topological polar surface area (TPSA) is 110 Å². The van der Waals surface area contributed by atoms with Crippen LogP contribution >= 0.6 is 11.3 Å². The molecule has 0 bridgehead atoms. The molecule has 0 saturated carbocycles. The molecule has 1 fully saturated rings. The van der Waals surface area contributed by atoms with Gasteiger partial charge in [0.25, 0.3) is 0 Å². The molecule has 1 amide bonds. The highest BCUT2D eigenvalue weighted by atomic mass is 32.2. The lowest BCUT2D eigenvalue weighted by atomic mass is 9.97. The molecule has 154 valence electrons. The van der Waals surface area contributed by atoms with E-state index >= 15 is 0 Å². The predicted molar refractivity (Wildman–Crippen MR) is 109 cm³/mol. The second-order valence-electron chi connectivity index (χ2n) is 7.00. The SMILES string of the molecule is Cc1cc(NC(=O)C2CCN(S(C)(=O)=O)CC2)n(-c2nc(-c3ccco3)cs2)n1. The molecule has 3 aromatic rings. The normalized spacial score (nSPS) is 16.2. The van der Waals surface area contributed by atoms with Crippen molar-refractivity contribution in [3.63, 3.8) is 0 Å². The van der Waals surface area contributed by atoms with E-state index in [1.807, 2.05) is 18.4 Å². The minimum absolute atomic E-state index is 0.137. The van der Waals surface area contributed by atoms with E-state index in [9.17, 15) is 13.2 Å². The molecule has 1 aliphatic heterocycles. The van der Waals surface area contributed by atoms with Gasteiger partial charge in [-0.15, -0.1) is 11.3 Å². The number of nitrogens with one attached hydrogen (secondary N) is 1. The van der Waals surface area contributed by atoms with E-state index < -0.39 is 10.0 Å². The number of furan rings is 1. The highest BCUT2D eigenvalue weighted by Gasteiger charge is 2.29. The van der Waals surface area contributed by atoms with Gasteiger partial charge in [0.2, 0.25) is 21.1 Å². The van der Waals surface area contributed by atoms with Crippen LogP contribution < -0.4 is 5.32 Å². The van der Waals surface area contributed by atoms with Crippen LogP contribution in [0.1, 0.15) is 18.5 Å². The van der Waals surface area contributed by atoms with Crippen LogP contribution in [0, 0.1) is 12.8 Å². The summed E-state index contributed by atoms with van der Waals surface area (Å²) in [6, 6.07) is 5.42. The second-order valence-corrected chi connectivity index (χ2v) is 9.82. The molecular weight excluding hydrogens is 414 g/mol. The second kappa shape index (κ2) is 7.73. The van der Waals surface area contributed by atoms with Crippen LogP contribution in [0.15, 0.2) is 34.3 Å². The third-order valence-electron chi connectivity index (χ3n) is 4.82. The van der Waals surface area contributed by atoms with E-state index in [1.165, 1.54) is 21.9 Å². The summed E-state index contributed by atoms with van der Waals surface area (Å²) in [5.74, 6) is 0.826. The third-order valence-corrected chi connectivity index (χ3v) is 6.94. The fourth-order valence-corrected chi connectivity index (χ4v) is 4.96. The predicted octanol–water partition coefficient (Wildman–Crippen LogP) is 2.51. The van der Waals surface area contributed by atoms with E-state index in [4.69, 9.17) is 4.42 Å². The van der Waals surface area contributed by atoms with Crippen LogP contribution in [-0.2, 0) is 14.8 Å². The van der Waals surface area contributed by atoms with Gasteiger partial charge in [0.15, 0.2) is 5.76 Å². The average Bonchev–Trinajstić information content (AvgIpc) is 3.41. The smallest absolute Gasteiger partial charge is 0.228 e. The van der Waals surface area contributed by atoms with Crippen molar-refractivity contribution < 1.29 is 17.6 Å². The first kappa shape index (κ1) is 19.8. The number of hydrogen-bond donors (Lipinski definition) is 1. The fourth-order valence-electron chi connectivity index (χ4n) is 3.31. The van der Waals surface area contributed by atoms with Crippen LogP contribution in [0.4, 0.5) is 5.82 Å². The number of nitrogens with zero attached hydrogens (tertiary/aromatic N) is 4. The molecule has 4 rings (SSSR count). The number of amides is 1. The number of rotatable bonds is 5. The summed E-state index contributed by atoms with van der Waals surface area (Å²) in [6.45, 7) is 2.56. The molecule has 4 heterocycles. The molecule has 0 radical (unpaired) electrons. The number of anilines is 1. The van der Waals surface area contributed by atoms with Gasteiger partial charge >= 0.3 is 0 Å². The van der Waals surface area contributed by atoms with E-state index in [0.29, 0.717) is 48.3 Å². The summed E-state index contributed by atoms with van der Waals surface area (Å²) < 4.78 is 31.7. The first-order valence-corrected chi connectivity index (χ1v) is 11.9. The Morgan fingerprint density at radius 1 is 1.34 bits per heavy atom. The number of aromatic nitrogens is 3. The molecule has 0 aromatic carbocycles. The first-order chi connectivity index (χ1) is 13.8. The van der Waals surface area contributed by atoms with Gasteiger partial charge in [0, 0.05) is 30.5 Å². The van der Waals surface area contributed by atoms with Gasteiger partial charge in [-0.25, -0.2) is 17.7 Å². The third kappa shape index (κ3) is 4.26. The van der Waals surface area contributed by atoms with E-state index in [0.717, 1.165) is 5.69 Å². The molecule has 0 atom stereocenters. The van der Waals surface area contributed by atoms with Gasteiger partial charge in [0.05, 0.1) is 18.2 Å². The maximum absolute atomic E-state index is 12.8. The molecule has 0 unspecified atom stereocenters. The molecular formula is C18H21N5O4S2. The summed E-state index contributed by atoms with van der Waals surface area (Å²) in [5.41, 5.74) is 1.45. The van der Waals surface area contributed by atoms with Crippen molar-refractivity contribution in [1.82, 2.24) is 19.1 Å². The van der Waals surface area contributed by atoms with E-state index in [1.54, 1.807) is 23.1 Å². The lowest BCUT2D eigenvalue weighted by Crippen LogP contribution is -2.41. The zero-order valence-electron chi connectivity index (χ0n) is 16.0. The quantitative estimate of drug-likeness (QED) is 0.659. The summed E-state index contributed by atoms with van der Waals surface area (Å²) in [5, 5.41) is 9.87. The molecule has 11 heteroatoms. The molecule has 3 aromatic heterocycles. The molecule has 0 spiro atoms. The number of aryl methyl sites for hydroxylation is 1. The van der Waals surface area contributed by atoms with Crippen LogP contribution in [0.2, 0.25) is 0 Å². The van der Waals surface area contributed by atoms with Crippen molar-refractivity contribution in [1.29, 1.82) is 0 Å². The van der Waals surface area contributed by atoms with Crippen LogP contribution in [-0.4, -0.2) is 52.7 Å². The Bertz CT molecular complexity index is 1110. The molecule has 0 aliphatic carbocycles. The maximum Gasteiger partial charge on any atom is 0.228 e. The van der Waals surface area contributed by atoms with E-state index in [2.05, 4.69) is 15.4 Å². The first-order valence-electron chi connectivity index (χ1n) is 9.13. The number of sulfonamides is 1. The summed E-state index contributed by atoms with van der Waals surface area (Å²) in [4.78, 5) is 17.3. The number of carbonyl (C=O) groups is 1. The van der Waals surface area contributed by atoms with Crippen molar-refractivity contribution in [2.75, 3.05) is 24.7 Å². The fraction of sp³-hybridized carbons (Fsp3) is 0.389. The Kier molecular flexibility index (Phi) is 5.28. The zero-order valence-corrected chi connectivity index (χ0v) is 17.7. The van der Waals surface area contributed by atoms with Gasteiger partial charge < -0.3 is 9.73 Å². The zero-order chi connectivity index (χ0) is 20.6. The Hall–Kier alpha value is -2.50. The molecule has 9 nitrogen and oxygen atoms in total. The lowest BCUT2D eigenvalue weighted by molar-refractivity contribution is -0.120. The Morgan fingerprint density at radius 3 is 2.76 bits per heavy atom. The molecule has 1 aliphatic rings.